The molecule has 2 aromatic rings. The fourth-order valence-electron chi connectivity index (χ4n) is 1.58. The number of aromatic nitrogens is 2. The Bertz CT molecular complexity index is 561. The molecule has 1 aromatic heterocycles. The summed E-state index contributed by atoms with van der Waals surface area (Å²) in [7, 11) is 0. The zero-order valence-corrected chi connectivity index (χ0v) is 13.3. The third-order valence-electron chi connectivity index (χ3n) is 2.50. The SMILES string of the molecule is CCNc1cc(Oc2ccc(SC)cc2)nc(SC)n1. The van der Waals surface area contributed by atoms with Crippen LogP contribution in [0.15, 0.2) is 40.4 Å². The molecular weight excluding hydrogens is 290 g/mol. The van der Waals surface area contributed by atoms with Gasteiger partial charge < -0.3 is 10.1 Å². The molecule has 0 saturated carbocycles. The smallest absolute Gasteiger partial charge is 0.225 e. The maximum atomic E-state index is 5.79. The van der Waals surface area contributed by atoms with Gasteiger partial charge in [-0.25, -0.2) is 4.98 Å². The van der Waals surface area contributed by atoms with Gasteiger partial charge in [-0.2, -0.15) is 4.98 Å². The molecule has 0 radical (unpaired) electrons. The molecule has 0 aliphatic rings. The Balaban J connectivity index is 2.20. The summed E-state index contributed by atoms with van der Waals surface area (Å²) in [6.45, 7) is 2.84. The molecule has 4 nitrogen and oxygen atoms in total. The van der Waals surface area contributed by atoms with E-state index in [9.17, 15) is 0 Å². The van der Waals surface area contributed by atoms with Crippen LogP contribution < -0.4 is 10.1 Å². The standard InChI is InChI=1S/C14H17N3OS2/c1-4-15-12-9-13(17-14(16-12)20-3)18-10-5-7-11(19-2)8-6-10/h5-9H,4H2,1-3H3,(H,15,16,17). The first-order valence-electron chi connectivity index (χ1n) is 6.24. The Kier molecular flexibility index (Phi) is 5.55. The van der Waals surface area contributed by atoms with Crippen LogP contribution in [0.2, 0.25) is 0 Å². The Labute approximate surface area is 127 Å². The first-order chi connectivity index (χ1) is 9.75. The lowest BCUT2D eigenvalue weighted by Gasteiger charge is -2.09. The third kappa shape index (κ3) is 4.05. The van der Waals surface area contributed by atoms with E-state index in [0.29, 0.717) is 11.0 Å². The summed E-state index contributed by atoms with van der Waals surface area (Å²) in [6, 6.07) is 9.76. The zero-order valence-electron chi connectivity index (χ0n) is 11.7. The van der Waals surface area contributed by atoms with Crippen LogP contribution in [0.3, 0.4) is 0 Å². The van der Waals surface area contributed by atoms with Gasteiger partial charge in [-0.05, 0) is 43.7 Å². The van der Waals surface area contributed by atoms with Gasteiger partial charge in [0.2, 0.25) is 5.88 Å². The van der Waals surface area contributed by atoms with Crippen LogP contribution >= 0.6 is 23.5 Å². The van der Waals surface area contributed by atoms with Crippen molar-refractivity contribution in [3.63, 3.8) is 0 Å². The van der Waals surface area contributed by atoms with Crippen molar-refractivity contribution >= 4 is 29.3 Å². The molecule has 20 heavy (non-hydrogen) atoms. The van der Waals surface area contributed by atoms with Crippen molar-refractivity contribution in [3.05, 3.63) is 30.3 Å². The van der Waals surface area contributed by atoms with E-state index in [1.165, 1.54) is 16.7 Å². The molecule has 0 spiro atoms. The Morgan fingerprint density at radius 2 is 1.85 bits per heavy atom. The van der Waals surface area contributed by atoms with E-state index in [4.69, 9.17) is 4.74 Å². The number of ether oxygens (including phenoxy) is 1. The molecule has 6 heteroatoms. The lowest BCUT2D eigenvalue weighted by molar-refractivity contribution is 0.455. The number of benzene rings is 1. The van der Waals surface area contributed by atoms with E-state index in [1.807, 2.05) is 49.8 Å². The highest BCUT2D eigenvalue weighted by Gasteiger charge is 2.06. The molecule has 0 amide bonds. The third-order valence-corrected chi connectivity index (χ3v) is 3.80. The number of anilines is 1. The van der Waals surface area contributed by atoms with Crippen LogP contribution in [0.5, 0.6) is 11.6 Å². The minimum atomic E-state index is 0.553. The molecular formula is C14H17N3OS2. The van der Waals surface area contributed by atoms with Gasteiger partial charge in [-0.1, -0.05) is 11.8 Å². The topological polar surface area (TPSA) is 47.0 Å². The lowest BCUT2D eigenvalue weighted by Crippen LogP contribution is -2.02. The molecule has 0 bridgehead atoms. The molecule has 0 fully saturated rings. The molecule has 1 N–H and O–H groups in total. The molecule has 2 rings (SSSR count). The van der Waals surface area contributed by atoms with Crippen molar-refractivity contribution in [2.75, 3.05) is 24.4 Å². The predicted molar refractivity (Wildman–Crippen MR) is 86.3 cm³/mol. The van der Waals surface area contributed by atoms with Crippen molar-refractivity contribution in [3.8, 4) is 11.6 Å². The molecule has 0 aliphatic heterocycles. The first-order valence-corrected chi connectivity index (χ1v) is 8.69. The highest BCUT2D eigenvalue weighted by atomic mass is 32.2. The van der Waals surface area contributed by atoms with Gasteiger partial charge in [0, 0.05) is 17.5 Å². The average molecular weight is 307 g/mol. The van der Waals surface area contributed by atoms with Gasteiger partial charge in [-0.15, -0.1) is 11.8 Å². The average Bonchev–Trinajstić information content (AvgIpc) is 2.48. The van der Waals surface area contributed by atoms with Crippen molar-refractivity contribution < 1.29 is 4.74 Å². The van der Waals surface area contributed by atoms with Crippen LogP contribution in [0.4, 0.5) is 5.82 Å². The van der Waals surface area contributed by atoms with Gasteiger partial charge in [0.05, 0.1) is 0 Å². The number of nitrogens with zero attached hydrogens (tertiary/aromatic N) is 2. The summed E-state index contributed by atoms with van der Waals surface area (Å²) < 4.78 is 5.79. The second-order valence-corrected chi connectivity index (χ2v) is 5.54. The monoisotopic (exact) mass is 307 g/mol. The molecule has 1 aromatic carbocycles. The number of thioether (sulfide) groups is 2. The van der Waals surface area contributed by atoms with E-state index in [1.54, 1.807) is 11.8 Å². The summed E-state index contributed by atoms with van der Waals surface area (Å²) in [4.78, 5) is 9.93. The highest BCUT2D eigenvalue weighted by molar-refractivity contribution is 7.98. The van der Waals surface area contributed by atoms with Crippen LogP contribution in [0.1, 0.15) is 6.92 Å². The number of hydrogen-bond acceptors (Lipinski definition) is 6. The summed E-state index contributed by atoms with van der Waals surface area (Å²) in [5.74, 6) is 2.11. The second-order valence-electron chi connectivity index (χ2n) is 3.89. The quantitative estimate of drug-likeness (QED) is 0.639. The molecule has 0 aliphatic carbocycles. The van der Waals surface area contributed by atoms with Crippen LogP contribution in [-0.2, 0) is 0 Å². The van der Waals surface area contributed by atoms with Crippen LogP contribution in [0.25, 0.3) is 0 Å². The summed E-state index contributed by atoms with van der Waals surface area (Å²) in [5.41, 5.74) is 0. The minimum absolute atomic E-state index is 0.553. The summed E-state index contributed by atoms with van der Waals surface area (Å²) >= 11 is 3.20. The van der Waals surface area contributed by atoms with E-state index < -0.39 is 0 Å². The highest BCUT2D eigenvalue weighted by Crippen LogP contribution is 2.26. The molecule has 0 saturated heterocycles. The van der Waals surface area contributed by atoms with Gasteiger partial charge >= 0.3 is 0 Å². The molecule has 1 heterocycles. The van der Waals surface area contributed by atoms with Crippen molar-refractivity contribution in [2.24, 2.45) is 0 Å². The number of nitrogens with one attached hydrogen (secondary N) is 1. The number of rotatable bonds is 6. The Morgan fingerprint density at radius 3 is 2.45 bits per heavy atom. The Hall–Kier alpha value is -1.40. The zero-order chi connectivity index (χ0) is 14.4. The van der Waals surface area contributed by atoms with E-state index in [2.05, 4.69) is 15.3 Å². The maximum absolute atomic E-state index is 5.79. The van der Waals surface area contributed by atoms with E-state index in [-0.39, 0.29) is 0 Å². The van der Waals surface area contributed by atoms with Gasteiger partial charge in [0.15, 0.2) is 5.16 Å². The van der Waals surface area contributed by atoms with Crippen LogP contribution in [0, 0.1) is 0 Å². The van der Waals surface area contributed by atoms with Crippen molar-refractivity contribution in [1.29, 1.82) is 0 Å². The van der Waals surface area contributed by atoms with Crippen molar-refractivity contribution in [2.45, 2.75) is 17.0 Å². The largest absolute Gasteiger partial charge is 0.439 e. The minimum Gasteiger partial charge on any atom is -0.439 e. The van der Waals surface area contributed by atoms with Gasteiger partial charge in [0.25, 0.3) is 0 Å². The maximum Gasteiger partial charge on any atom is 0.225 e. The summed E-state index contributed by atoms with van der Waals surface area (Å²) in [5, 5.41) is 3.87. The Morgan fingerprint density at radius 1 is 1.10 bits per heavy atom. The van der Waals surface area contributed by atoms with Crippen molar-refractivity contribution in [1.82, 2.24) is 9.97 Å². The normalized spacial score (nSPS) is 10.3. The molecule has 0 atom stereocenters. The molecule has 0 unspecified atom stereocenters. The van der Waals surface area contributed by atoms with E-state index >= 15 is 0 Å². The first kappa shape index (κ1) is 15.0. The van der Waals surface area contributed by atoms with Gasteiger partial charge in [0.1, 0.15) is 11.6 Å². The fraction of sp³-hybridized carbons (Fsp3) is 0.286. The van der Waals surface area contributed by atoms with Gasteiger partial charge in [-0.3, -0.25) is 0 Å². The predicted octanol–water partition coefficient (Wildman–Crippen LogP) is 4.14. The lowest BCUT2D eigenvalue weighted by atomic mass is 10.3. The second kappa shape index (κ2) is 7.40. The van der Waals surface area contributed by atoms with Crippen LogP contribution in [-0.4, -0.2) is 29.0 Å². The molecule has 106 valence electrons. The number of hydrogen-bond donors (Lipinski definition) is 1. The summed E-state index contributed by atoms with van der Waals surface area (Å²) in [6.07, 6.45) is 4.00. The fourth-order valence-corrected chi connectivity index (χ4v) is 2.36. The van der Waals surface area contributed by atoms with E-state index in [0.717, 1.165) is 18.1 Å².